The molecule has 30 heavy (non-hydrogen) atoms. The maximum absolute atomic E-state index is 14.3. The quantitative estimate of drug-likeness (QED) is 0.340. The topological polar surface area (TPSA) is 112 Å². The Hall–Kier alpha value is -3.78. The Morgan fingerprint density at radius 1 is 1.10 bits per heavy atom. The van der Waals surface area contributed by atoms with Crippen molar-refractivity contribution in [3.63, 3.8) is 0 Å². The second kappa shape index (κ2) is 6.11. The number of nitrogens with two attached hydrogens (primary N) is 1. The van der Waals surface area contributed by atoms with Crippen LogP contribution in [0, 0.1) is 5.82 Å². The van der Waals surface area contributed by atoms with Crippen molar-refractivity contribution in [3.8, 4) is 11.1 Å². The molecule has 4 heterocycles. The molecule has 3 aromatic heterocycles. The zero-order chi connectivity index (χ0) is 20.4. The van der Waals surface area contributed by atoms with Gasteiger partial charge in [0.05, 0.1) is 17.2 Å². The highest BCUT2D eigenvalue weighted by Crippen LogP contribution is 2.40. The summed E-state index contributed by atoms with van der Waals surface area (Å²) >= 11 is 0. The Bertz CT molecular complexity index is 1530. The first kappa shape index (κ1) is 17.1. The molecule has 1 aliphatic rings. The van der Waals surface area contributed by atoms with Crippen LogP contribution in [0.5, 0.6) is 0 Å². The van der Waals surface area contributed by atoms with Crippen LogP contribution >= 0.6 is 0 Å². The van der Waals surface area contributed by atoms with Gasteiger partial charge in [0.1, 0.15) is 17.0 Å². The molecule has 2 aromatic carbocycles. The highest BCUT2D eigenvalue weighted by Gasteiger charge is 2.25. The van der Waals surface area contributed by atoms with Gasteiger partial charge in [0.15, 0.2) is 0 Å². The predicted molar refractivity (Wildman–Crippen MR) is 115 cm³/mol. The van der Waals surface area contributed by atoms with E-state index in [9.17, 15) is 9.18 Å². The molecule has 5 aromatic rings. The van der Waals surface area contributed by atoms with Crippen LogP contribution in [0.3, 0.4) is 0 Å². The van der Waals surface area contributed by atoms with Gasteiger partial charge in [-0.3, -0.25) is 14.9 Å². The average Bonchev–Trinajstić information content (AvgIpc) is 3.21. The molecule has 0 bridgehead atoms. The van der Waals surface area contributed by atoms with Crippen LogP contribution in [-0.2, 0) is 0 Å². The molecular weight excluding hydrogens is 383 g/mol. The molecule has 0 saturated carbocycles. The molecule has 0 spiro atoms. The molecule has 1 saturated heterocycles. The van der Waals surface area contributed by atoms with E-state index >= 15 is 0 Å². The summed E-state index contributed by atoms with van der Waals surface area (Å²) in [6.45, 7) is 1.76. The van der Waals surface area contributed by atoms with E-state index in [0.29, 0.717) is 27.9 Å². The van der Waals surface area contributed by atoms with Gasteiger partial charge in [-0.2, -0.15) is 5.10 Å². The number of hydrogen-bond donors (Lipinski definition) is 4. The van der Waals surface area contributed by atoms with E-state index in [2.05, 4.69) is 31.5 Å². The molecule has 0 aliphatic carbocycles. The fourth-order valence-corrected chi connectivity index (χ4v) is 4.39. The lowest BCUT2D eigenvalue weighted by Crippen LogP contribution is -2.40. The van der Waals surface area contributed by atoms with Crippen LogP contribution in [-0.4, -0.2) is 33.3 Å². The average molecular weight is 400 g/mol. The minimum Gasteiger partial charge on any atom is -0.394 e. The minimum absolute atomic E-state index is 0.0876. The number of fused-ring (bicyclic) bond motifs is 4. The SMILES string of the molecule is Nc1c(-c2ccc(F)c3[nH]ncc23)c2cc(C3CNC3)c3cccnc3c2[nH]c1=O. The van der Waals surface area contributed by atoms with Crippen molar-refractivity contribution in [1.29, 1.82) is 0 Å². The lowest BCUT2D eigenvalue weighted by molar-refractivity contribution is 0.451. The highest BCUT2D eigenvalue weighted by atomic mass is 19.1. The Balaban J connectivity index is 1.81. The third-order valence-electron chi connectivity index (χ3n) is 6.00. The summed E-state index contributed by atoms with van der Waals surface area (Å²) in [5, 5.41) is 12.3. The van der Waals surface area contributed by atoms with Gasteiger partial charge in [-0.15, -0.1) is 0 Å². The van der Waals surface area contributed by atoms with Gasteiger partial charge in [0.2, 0.25) is 0 Å². The zero-order valence-corrected chi connectivity index (χ0v) is 15.8. The maximum atomic E-state index is 14.3. The molecule has 6 rings (SSSR count). The third kappa shape index (κ3) is 2.25. The summed E-state index contributed by atoms with van der Waals surface area (Å²) in [5.74, 6) is -0.0587. The number of pyridine rings is 2. The molecule has 148 valence electrons. The van der Waals surface area contributed by atoms with Crippen molar-refractivity contribution in [2.24, 2.45) is 0 Å². The van der Waals surface area contributed by atoms with E-state index in [-0.39, 0.29) is 11.2 Å². The zero-order valence-electron chi connectivity index (χ0n) is 15.8. The largest absolute Gasteiger partial charge is 0.394 e. The third-order valence-corrected chi connectivity index (χ3v) is 6.00. The first-order valence-electron chi connectivity index (χ1n) is 9.69. The number of aromatic amines is 2. The lowest BCUT2D eigenvalue weighted by Gasteiger charge is -2.29. The first-order chi connectivity index (χ1) is 14.6. The van der Waals surface area contributed by atoms with Crippen molar-refractivity contribution >= 4 is 38.4 Å². The summed E-state index contributed by atoms with van der Waals surface area (Å²) < 4.78 is 14.3. The monoisotopic (exact) mass is 400 g/mol. The summed E-state index contributed by atoms with van der Waals surface area (Å²) in [5.41, 5.74) is 9.99. The first-order valence-corrected chi connectivity index (χ1v) is 9.69. The van der Waals surface area contributed by atoms with E-state index in [0.717, 1.165) is 34.9 Å². The second-order valence-electron chi connectivity index (χ2n) is 7.64. The van der Waals surface area contributed by atoms with Crippen LogP contribution < -0.4 is 16.6 Å². The molecule has 0 amide bonds. The predicted octanol–water partition coefficient (Wildman–Crippen LogP) is 3.03. The molecule has 1 fully saturated rings. The van der Waals surface area contributed by atoms with Crippen LogP contribution in [0.2, 0.25) is 0 Å². The van der Waals surface area contributed by atoms with Crippen molar-refractivity contribution in [2.75, 3.05) is 18.8 Å². The summed E-state index contributed by atoms with van der Waals surface area (Å²) in [4.78, 5) is 20.3. The summed E-state index contributed by atoms with van der Waals surface area (Å²) in [6.07, 6.45) is 3.27. The number of nitrogen functional groups attached to an aromatic ring is 1. The van der Waals surface area contributed by atoms with Gasteiger partial charge in [-0.25, -0.2) is 4.39 Å². The van der Waals surface area contributed by atoms with Crippen LogP contribution in [0.25, 0.3) is 43.8 Å². The summed E-state index contributed by atoms with van der Waals surface area (Å²) in [7, 11) is 0. The molecular formula is C22H17FN6O. The molecule has 0 radical (unpaired) electrons. The Labute approximate surface area is 169 Å². The smallest absolute Gasteiger partial charge is 0.272 e. The normalized spacial score (nSPS) is 14.6. The minimum atomic E-state index is -0.410. The number of anilines is 1. The molecule has 8 heteroatoms. The van der Waals surface area contributed by atoms with E-state index in [1.807, 2.05) is 12.1 Å². The second-order valence-corrected chi connectivity index (χ2v) is 7.64. The molecule has 0 unspecified atom stereocenters. The van der Waals surface area contributed by atoms with Gasteiger partial charge < -0.3 is 16.0 Å². The maximum Gasteiger partial charge on any atom is 0.272 e. The van der Waals surface area contributed by atoms with E-state index in [4.69, 9.17) is 5.73 Å². The van der Waals surface area contributed by atoms with Gasteiger partial charge in [-0.05, 0) is 29.3 Å². The Kier molecular flexibility index (Phi) is 3.48. The van der Waals surface area contributed by atoms with Gasteiger partial charge in [0.25, 0.3) is 5.56 Å². The van der Waals surface area contributed by atoms with Crippen molar-refractivity contribution in [3.05, 3.63) is 64.5 Å². The molecule has 5 N–H and O–H groups in total. The van der Waals surface area contributed by atoms with Crippen LogP contribution in [0.15, 0.2) is 47.5 Å². The number of aromatic nitrogens is 4. The fourth-order valence-electron chi connectivity index (χ4n) is 4.39. The Morgan fingerprint density at radius 2 is 1.97 bits per heavy atom. The van der Waals surface area contributed by atoms with Crippen molar-refractivity contribution in [2.45, 2.75) is 5.92 Å². The Morgan fingerprint density at radius 3 is 2.77 bits per heavy atom. The molecule has 1 aliphatic heterocycles. The molecule has 7 nitrogen and oxygen atoms in total. The highest BCUT2D eigenvalue weighted by molar-refractivity contribution is 6.14. The van der Waals surface area contributed by atoms with Crippen molar-refractivity contribution < 1.29 is 4.39 Å². The van der Waals surface area contributed by atoms with E-state index < -0.39 is 11.4 Å². The number of nitrogens with one attached hydrogen (secondary N) is 3. The van der Waals surface area contributed by atoms with Crippen molar-refractivity contribution in [1.82, 2.24) is 25.5 Å². The number of H-pyrrole nitrogens is 2. The van der Waals surface area contributed by atoms with Crippen LogP contribution in [0.1, 0.15) is 11.5 Å². The number of hydrogen-bond acceptors (Lipinski definition) is 5. The van der Waals surface area contributed by atoms with Gasteiger partial charge in [0, 0.05) is 46.9 Å². The number of benzene rings is 2. The van der Waals surface area contributed by atoms with E-state index in [1.54, 1.807) is 18.5 Å². The van der Waals surface area contributed by atoms with E-state index in [1.165, 1.54) is 6.07 Å². The van der Waals surface area contributed by atoms with Gasteiger partial charge in [-0.1, -0.05) is 12.1 Å². The van der Waals surface area contributed by atoms with Crippen LogP contribution in [0.4, 0.5) is 10.1 Å². The lowest BCUT2D eigenvalue weighted by atomic mass is 9.87. The summed E-state index contributed by atoms with van der Waals surface area (Å²) in [6, 6.07) is 9.01. The van der Waals surface area contributed by atoms with Gasteiger partial charge >= 0.3 is 0 Å². The molecule has 0 atom stereocenters. The number of halogens is 1. The number of nitrogens with zero attached hydrogens (tertiary/aromatic N) is 2. The number of rotatable bonds is 2. The fraction of sp³-hybridized carbons (Fsp3) is 0.136. The standard InChI is InChI=1S/C22H17FN6O/c23-16-4-3-11(15-9-27-29-19(15)16)17-14-6-13(10-7-25-8-10)12-2-1-5-26-20(12)21(14)28-22(30)18(17)24/h1-6,9-10,25H,7-8,24H2,(H,27,29)(H,28,30).